The van der Waals surface area contributed by atoms with Crippen LogP contribution in [0.1, 0.15) is 32.4 Å². The average molecular weight is 390 g/mol. The van der Waals surface area contributed by atoms with E-state index in [0.717, 1.165) is 0 Å². The normalized spacial score (nSPS) is 14.7. The molecule has 0 bridgehead atoms. The molecule has 152 valence electrons. The smallest absolute Gasteiger partial charge is 0.303 e. The molecule has 0 aliphatic rings. The first-order valence-corrected chi connectivity index (χ1v) is 8.71. The van der Waals surface area contributed by atoms with Crippen LogP contribution in [0.2, 0.25) is 0 Å². The fraction of sp³-hybridized carbons (Fsp3) is 0.381. The highest BCUT2D eigenvalue weighted by molar-refractivity contribution is 5.68. The van der Waals surface area contributed by atoms with Gasteiger partial charge in [0, 0.05) is 20.8 Å². The summed E-state index contributed by atoms with van der Waals surface area (Å²) in [5.74, 6) is -1.76. The molecule has 1 aromatic carbocycles. The van der Waals surface area contributed by atoms with E-state index in [0.29, 0.717) is 5.56 Å². The molecule has 4 atom stereocenters. The van der Waals surface area contributed by atoms with E-state index in [-0.39, 0.29) is 6.61 Å². The molecule has 0 N–H and O–H groups in total. The van der Waals surface area contributed by atoms with Crippen molar-refractivity contribution >= 4 is 17.9 Å². The third-order valence-corrected chi connectivity index (χ3v) is 3.61. The van der Waals surface area contributed by atoms with E-state index >= 15 is 0 Å². The summed E-state index contributed by atoms with van der Waals surface area (Å²) in [6.07, 6.45) is -1.19. The van der Waals surface area contributed by atoms with Gasteiger partial charge in [-0.15, -0.1) is 6.58 Å². The Morgan fingerprint density at radius 2 is 1.46 bits per heavy atom. The minimum absolute atomic E-state index is 0.0790. The lowest BCUT2D eigenvalue weighted by Gasteiger charge is -2.35. The van der Waals surface area contributed by atoms with Gasteiger partial charge in [0.1, 0.15) is 12.2 Å². The minimum atomic E-state index is -1.11. The van der Waals surface area contributed by atoms with Crippen molar-refractivity contribution < 1.29 is 33.3 Å². The molecule has 0 heterocycles. The van der Waals surface area contributed by atoms with Gasteiger partial charge in [-0.1, -0.05) is 43.0 Å². The lowest BCUT2D eigenvalue weighted by molar-refractivity contribution is -0.190. The van der Waals surface area contributed by atoms with Crippen molar-refractivity contribution in [3.8, 4) is 0 Å². The van der Waals surface area contributed by atoms with Crippen LogP contribution < -0.4 is 0 Å². The predicted molar refractivity (Wildman–Crippen MR) is 102 cm³/mol. The van der Waals surface area contributed by atoms with Crippen LogP contribution in [0.4, 0.5) is 0 Å². The van der Waals surface area contributed by atoms with Crippen LogP contribution in [0.3, 0.4) is 0 Å². The van der Waals surface area contributed by atoms with Crippen molar-refractivity contribution in [3.05, 3.63) is 61.2 Å². The lowest BCUT2D eigenvalue weighted by atomic mass is 9.96. The molecule has 28 heavy (non-hydrogen) atoms. The van der Waals surface area contributed by atoms with Gasteiger partial charge >= 0.3 is 17.9 Å². The number of esters is 3. The summed E-state index contributed by atoms with van der Waals surface area (Å²) in [6, 6.07) is 8.76. The van der Waals surface area contributed by atoms with Crippen LogP contribution in [0.25, 0.3) is 0 Å². The summed E-state index contributed by atoms with van der Waals surface area (Å²) in [7, 11) is 0. The number of carbonyl (C=O) groups is 3. The van der Waals surface area contributed by atoms with Gasteiger partial charge in [0.05, 0.1) is 6.61 Å². The van der Waals surface area contributed by atoms with Gasteiger partial charge in [-0.2, -0.15) is 0 Å². The molecule has 0 radical (unpaired) electrons. The molecule has 0 spiro atoms. The van der Waals surface area contributed by atoms with Crippen LogP contribution in [0, 0.1) is 0 Å². The molecule has 0 aliphatic carbocycles. The number of rotatable bonds is 11. The van der Waals surface area contributed by atoms with Crippen LogP contribution in [0.5, 0.6) is 0 Å². The predicted octanol–water partition coefficient (Wildman–Crippen LogP) is 2.91. The number of hydrogen-bond donors (Lipinski definition) is 0. The Hall–Kier alpha value is -2.93. The number of hydrogen-bond acceptors (Lipinski definition) is 7. The Kier molecular flexibility index (Phi) is 9.67. The van der Waals surface area contributed by atoms with Crippen molar-refractivity contribution in [1.29, 1.82) is 0 Å². The van der Waals surface area contributed by atoms with E-state index in [1.54, 1.807) is 30.3 Å². The Morgan fingerprint density at radius 3 is 1.93 bits per heavy atom. The van der Waals surface area contributed by atoms with Crippen LogP contribution in [-0.2, 0) is 33.3 Å². The van der Waals surface area contributed by atoms with Gasteiger partial charge in [-0.3, -0.25) is 14.4 Å². The van der Waals surface area contributed by atoms with E-state index in [4.69, 9.17) is 18.9 Å². The summed E-state index contributed by atoms with van der Waals surface area (Å²) in [4.78, 5) is 35.1. The Balaban J connectivity index is 3.44. The third-order valence-electron chi connectivity index (χ3n) is 3.61. The number of carbonyl (C=O) groups excluding carboxylic acids is 3. The van der Waals surface area contributed by atoms with Gasteiger partial charge in [0.2, 0.25) is 0 Å². The monoisotopic (exact) mass is 390 g/mol. The largest absolute Gasteiger partial charge is 0.455 e. The molecule has 0 unspecified atom stereocenters. The molecular formula is C21H26O7. The lowest BCUT2D eigenvalue weighted by Crippen LogP contribution is -2.47. The fourth-order valence-corrected chi connectivity index (χ4v) is 2.64. The SMILES string of the molecule is C=CCO[C@H]([C@@H](OC(C)=O)[C@H](OC(C)=O)c1ccccc1)[C@@H](C=C)OC(C)=O. The Labute approximate surface area is 164 Å². The zero-order chi connectivity index (χ0) is 21.1. The maximum absolute atomic E-state index is 11.8. The topological polar surface area (TPSA) is 88.1 Å². The molecule has 0 fully saturated rings. The maximum Gasteiger partial charge on any atom is 0.303 e. The first kappa shape index (κ1) is 23.1. The van der Waals surface area contributed by atoms with E-state index < -0.39 is 42.3 Å². The van der Waals surface area contributed by atoms with Crippen molar-refractivity contribution in [1.82, 2.24) is 0 Å². The summed E-state index contributed by atoms with van der Waals surface area (Å²) < 4.78 is 22.0. The van der Waals surface area contributed by atoms with Gasteiger partial charge in [-0.25, -0.2) is 0 Å². The number of ether oxygens (including phenoxy) is 4. The standard InChI is InChI=1S/C21H26O7/c1-6-13-25-20(18(7-2)26-14(3)22)21(28-16(5)24)19(27-15(4)23)17-11-9-8-10-12-17/h6-12,18-21H,1-2,13H2,3-5H3/t18-,19-,20+,21+/m1/s1. The van der Waals surface area contributed by atoms with Crippen molar-refractivity contribution in [2.24, 2.45) is 0 Å². The maximum atomic E-state index is 11.8. The number of benzene rings is 1. The highest BCUT2D eigenvalue weighted by atomic mass is 16.6. The summed E-state index contributed by atoms with van der Waals surface area (Å²) >= 11 is 0. The van der Waals surface area contributed by atoms with Crippen LogP contribution in [0.15, 0.2) is 55.6 Å². The highest BCUT2D eigenvalue weighted by Crippen LogP contribution is 2.30. The highest BCUT2D eigenvalue weighted by Gasteiger charge is 2.41. The summed E-state index contributed by atoms with van der Waals surface area (Å²) in [5.41, 5.74) is 0.585. The Bertz CT molecular complexity index is 683. The van der Waals surface area contributed by atoms with E-state index in [2.05, 4.69) is 13.2 Å². The zero-order valence-electron chi connectivity index (χ0n) is 16.3. The quantitative estimate of drug-likeness (QED) is 0.326. The minimum Gasteiger partial charge on any atom is -0.455 e. The van der Waals surface area contributed by atoms with Crippen LogP contribution in [-0.4, -0.2) is 42.8 Å². The van der Waals surface area contributed by atoms with Gasteiger partial charge < -0.3 is 18.9 Å². The van der Waals surface area contributed by atoms with Gasteiger partial charge in [0.25, 0.3) is 0 Å². The van der Waals surface area contributed by atoms with E-state index in [1.165, 1.54) is 32.9 Å². The second kappa shape index (κ2) is 11.7. The molecular weight excluding hydrogens is 364 g/mol. The molecule has 0 aliphatic heterocycles. The fourth-order valence-electron chi connectivity index (χ4n) is 2.64. The molecule has 0 saturated carbocycles. The second-order valence-corrected chi connectivity index (χ2v) is 5.91. The van der Waals surface area contributed by atoms with Crippen molar-refractivity contribution in [2.45, 2.75) is 45.2 Å². The van der Waals surface area contributed by atoms with Gasteiger partial charge in [-0.05, 0) is 11.6 Å². The van der Waals surface area contributed by atoms with Gasteiger partial charge in [0.15, 0.2) is 12.2 Å². The van der Waals surface area contributed by atoms with E-state index in [1.807, 2.05) is 0 Å². The second-order valence-electron chi connectivity index (χ2n) is 5.91. The Morgan fingerprint density at radius 1 is 0.893 bits per heavy atom. The molecule has 1 aromatic rings. The first-order valence-electron chi connectivity index (χ1n) is 8.71. The summed E-state index contributed by atoms with van der Waals surface area (Å²) in [5, 5.41) is 0. The molecule has 0 amide bonds. The zero-order valence-corrected chi connectivity index (χ0v) is 16.3. The molecule has 7 heteroatoms. The molecule has 0 saturated heterocycles. The van der Waals surface area contributed by atoms with Crippen molar-refractivity contribution in [3.63, 3.8) is 0 Å². The summed E-state index contributed by atoms with van der Waals surface area (Å²) in [6.45, 7) is 11.1. The molecule has 7 nitrogen and oxygen atoms in total. The third kappa shape index (κ3) is 7.36. The van der Waals surface area contributed by atoms with E-state index in [9.17, 15) is 14.4 Å². The van der Waals surface area contributed by atoms with Crippen LogP contribution >= 0.6 is 0 Å². The molecule has 1 rings (SSSR count). The molecule has 0 aromatic heterocycles. The average Bonchev–Trinajstić information content (AvgIpc) is 2.64. The first-order chi connectivity index (χ1) is 13.3. The van der Waals surface area contributed by atoms with Crippen molar-refractivity contribution in [2.75, 3.05) is 6.61 Å².